The summed E-state index contributed by atoms with van der Waals surface area (Å²) >= 11 is 0. The summed E-state index contributed by atoms with van der Waals surface area (Å²) < 4.78 is 5.06. The fraction of sp³-hybridized carbons (Fsp3) is 0.333. The molecule has 0 bridgehead atoms. The Kier molecular flexibility index (Phi) is 4.16. The summed E-state index contributed by atoms with van der Waals surface area (Å²) in [5, 5.41) is 5.39. The van der Waals surface area contributed by atoms with E-state index in [2.05, 4.69) is 41.4 Å². The molecule has 6 heteroatoms. The topological polar surface area (TPSA) is 79.0 Å². The van der Waals surface area contributed by atoms with Crippen LogP contribution in [0.5, 0.6) is 5.75 Å². The van der Waals surface area contributed by atoms with Gasteiger partial charge < -0.3 is 15.0 Å². The Morgan fingerprint density at radius 3 is 2.38 bits per heavy atom. The molecule has 3 N–H and O–H groups in total. The van der Waals surface area contributed by atoms with Crippen molar-refractivity contribution in [2.45, 2.75) is 26.2 Å². The number of methoxy groups -OCH3 is 1. The maximum atomic E-state index is 11.9. The Morgan fingerprint density at radius 1 is 1.19 bits per heavy atom. The number of anilines is 2. The lowest BCUT2D eigenvalue weighted by Gasteiger charge is -2.15. The standard InChI is InChI=1S/C15H20N4O2/c1-15(2,3)12-9-16-13(18-12)19-14(20)17-10-5-7-11(21-4)8-6-10/h5-9H,1-4H3,(H3,16,17,18,19,20). The van der Waals surface area contributed by atoms with Crippen molar-refractivity contribution in [3.63, 3.8) is 0 Å². The highest BCUT2D eigenvalue weighted by Crippen LogP contribution is 2.21. The number of amides is 2. The number of benzene rings is 1. The molecule has 0 saturated carbocycles. The first-order chi connectivity index (χ1) is 9.88. The molecule has 0 aliphatic rings. The van der Waals surface area contributed by atoms with Gasteiger partial charge in [0, 0.05) is 16.8 Å². The van der Waals surface area contributed by atoms with Gasteiger partial charge in [-0.25, -0.2) is 9.78 Å². The van der Waals surface area contributed by atoms with Crippen LogP contribution in [0.3, 0.4) is 0 Å². The van der Waals surface area contributed by atoms with Crippen LogP contribution in [0.25, 0.3) is 0 Å². The van der Waals surface area contributed by atoms with Crippen LogP contribution in [0, 0.1) is 0 Å². The lowest BCUT2D eigenvalue weighted by atomic mass is 9.93. The fourth-order valence-electron chi connectivity index (χ4n) is 1.71. The van der Waals surface area contributed by atoms with Crippen molar-refractivity contribution in [3.8, 4) is 5.75 Å². The minimum Gasteiger partial charge on any atom is -0.497 e. The number of aromatic amines is 1. The van der Waals surface area contributed by atoms with E-state index in [-0.39, 0.29) is 11.4 Å². The molecular formula is C15H20N4O2. The first-order valence-electron chi connectivity index (χ1n) is 6.66. The quantitative estimate of drug-likeness (QED) is 0.810. The molecule has 0 atom stereocenters. The van der Waals surface area contributed by atoms with Crippen molar-refractivity contribution in [1.82, 2.24) is 9.97 Å². The zero-order valence-electron chi connectivity index (χ0n) is 12.7. The largest absolute Gasteiger partial charge is 0.497 e. The minimum absolute atomic E-state index is 0.0423. The lowest BCUT2D eigenvalue weighted by Crippen LogP contribution is -2.20. The molecule has 0 spiro atoms. The van der Waals surface area contributed by atoms with Gasteiger partial charge in [0.1, 0.15) is 5.75 Å². The molecular weight excluding hydrogens is 268 g/mol. The molecule has 0 saturated heterocycles. The van der Waals surface area contributed by atoms with Crippen LogP contribution in [0.15, 0.2) is 30.5 Å². The molecule has 0 aliphatic heterocycles. The van der Waals surface area contributed by atoms with Crippen LogP contribution in [-0.4, -0.2) is 23.1 Å². The van der Waals surface area contributed by atoms with Gasteiger partial charge in [-0.2, -0.15) is 0 Å². The monoisotopic (exact) mass is 288 g/mol. The summed E-state index contributed by atoms with van der Waals surface area (Å²) in [5.74, 6) is 1.16. The Labute approximate surface area is 123 Å². The van der Waals surface area contributed by atoms with Gasteiger partial charge in [0.2, 0.25) is 5.95 Å². The van der Waals surface area contributed by atoms with Crippen LogP contribution in [-0.2, 0) is 5.41 Å². The minimum atomic E-state index is -0.352. The summed E-state index contributed by atoms with van der Waals surface area (Å²) in [7, 11) is 1.60. The third-order valence-corrected chi connectivity index (χ3v) is 2.96. The smallest absolute Gasteiger partial charge is 0.326 e. The zero-order valence-corrected chi connectivity index (χ0v) is 12.7. The molecule has 1 heterocycles. The Balaban J connectivity index is 1.96. The Morgan fingerprint density at radius 2 is 1.86 bits per heavy atom. The van der Waals surface area contributed by atoms with Crippen LogP contribution < -0.4 is 15.4 Å². The number of H-pyrrole nitrogens is 1. The highest BCUT2D eigenvalue weighted by atomic mass is 16.5. The van der Waals surface area contributed by atoms with Crippen molar-refractivity contribution in [3.05, 3.63) is 36.2 Å². The number of nitrogens with zero attached hydrogens (tertiary/aromatic N) is 1. The van der Waals surface area contributed by atoms with Gasteiger partial charge in [0.25, 0.3) is 0 Å². The van der Waals surface area contributed by atoms with Crippen molar-refractivity contribution in [2.24, 2.45) is 0 Å². The van der Waals surface area contributed by atoms with Crippen LogP contribution in [0.1, 0.15) is 26.5 Å². The number of imidazole rings is 1. The van der Waals surface area contributed by atoms with Gasteiger partial charge in [-0.1, -0.05) is 20.8 Å². The summed E-state index contributed by atoms with van der Waals surface area (Å²) in [6, 6.07) is 6.73. The third-order valence-electron chi connectivity index (χ3n) is 2.96. The summed E-state index contributed by atoms with van der Waals surface area (Å²) in [5.41, 5.74) is 1.59. The van der Waals surface area contributed by atoms with Crippen LogP contribution in [0.2, 0.25) is 0 Å². The second-order valence-electron chi connectivity index (χ2n) is 5.70. The summed E-state index contributed by atoms with van der Waals surface area (Å²) in [6.45, 7) is 6.21. The Hall–Kier alpha value is -2.50. The highest BCUT2D eigenvalue weighted by Gasteiger charge is 2.17. The van der Waals surface area contributed by atoms with E-state index < -0.39 is 0 Å². The second kappa shape index (κ2) is 5.87. The molecule has 0 fully saturated rings. The molecule has 0 aliphatic carbocycles. The van der Waals surface area contributed by atoms with Gasteiger partial charge in [0.15, 0.2) is 0 Å². The van der Waals surface area contributed by atoms with E-state index in [9.17, 15) is 4.79 Å². The average Bonchev–Trinajstić information content (AvgIpc) is 2.88. The fourth-order valence-corrected chi connectivity index (χ4v) is 1.71. The van der Waals surface area contributed by atoms with Gasteiger partial charge in [0.05, 0.1) is 13.3 Å². The maximum absolute atomic E-state index is 11.9. The third kappa shape index (κ3) is 3.98. The van der Waals surface area contributed by atoms with Crippen molar-refractivity contribution in [1.29, 1.82) is 0 Å². The highest BCUT2D eigenvalue weighted by molar-refractivity contribution is 5.98. The van der Waals surface area contributed by atoms with Crippen LogP contribution >= 0.6 is 0 Å². The second-order valence-corrected chi connectivity index (χ2v) is 5.70. The molecule has 6 nitrogen and oxygen atoms in total. The van der Waals surface area contributed by atoms with Gasteiger partial charge in [-0.3, -0.25) is 5.32 Å². The molecule has 21 heavy (non-hydrogen) atoms. The van der Waals surface area contributed by atoms with E-state index in [4.69, 9.17) is 4.74 Å². The van der Waals surface area contributed by atoms with E-state index in [1.807, 2.05) is 0 Å². The predicted octanol–water partition coefficient (Wildman–Crippen LogP) is 3.36. The van der Waals surface area contributed by atoms with Crippen molar-refractivity contribution < 1.29 is 9.53 Å². The van der Waals surface area contributed by atoms with Crippen molar-refractivity contribution in [2.75, 3.05) is 17.7 Å². The number of rotatable bonds is 3. The number of carbonyl (C=O) groups is 1. The molecule has 0 radical (unpaired) electrons. The number of aromatic nitrogens is 2. The van der Waals surface area contributed by atoms with Gasteiger partial charge in [-0.05, 0) is 24.3 Å². The van der Waals surface area contributed by atoms with E-state index in [1.165, 1.54) is 0 Å². The molecule has 112 valence electrons. The molecule has 0 unspecified atom stereocenters. The van der Waals surface area contributed by atoms with Crippen LogP contribution in [0.4, 0.5) is 16.4 Å². The van der Waals surface area contributed by atoms with Gasteiger partial charge >= 0.3 is 6.03 Å². The van der Waals surface area contributed by atoms with Crippen molar-refractivity contribution >= 4 is 17.7 Å². The van der Waals surface area contributed by atoms with E-state index in [1.54, 1.807) is 37.6 Å². The molecule has 1 aromatic carbocycles. The number of hydrogen-bond acceptors (Lipinski definition) is 3. The molecule has 2 rings (SSSR count). The normalized spacial score (nSPS) is 11.0. The number of ether oxygens (including phenoxy) is 1. The van der Waals surface area contributed by atoms with E-state index in [0.29, 0.717) is 11.6 Å². The number of carbonyl (C=O) groups excluding carboxylic acids is 1. The lowest BCUT2D eigenvalue weighted by molar-refractivity contribution is 0.262. The number of urea groups is 1. The van der Waals surface area contributed by atoms with Gasteiger partial charge in [-0.15, -0.1) is 0 Å². The zero-order chi connectivity index (χ0) is 15.5. The van der Waals surface area contributed by atoms with E-state index >= 15 is 0 Å². The summed E-state index contributed by atoms with van der Waals surface area (Å²) in [4.78, 5) is 19.1. The molecule has 2 aromatic rings. The molecule has 2 amide bonds. The number of hydrogen-bond donors (Lipinski definition) is 3. The maximum Gasteiger partial charge on any atom is 0.326 e. The predicted molar refractivity (Wildman–Crippen MR) is 82.9 cm³/mol. The Bertz CT molecular complexity index is 611. The first-order valence-corrected chi connectivity index (χ1v) is 6.66. The average molecular weight is 288 g/mol. The number of nitrogens with one attached hydrogen (secondary N) is 3. The first kappa shape index (κ1) is 14.9. The molecule has 1 aromatic heterocycles. The van der Waals surface area contributed by atoms with E-state index in [0.717, 1.165) is 11.4 Å². The summed E-state index contributed by atoms with van der Waals surface area (Å²) in [6.07, 6.45) is 1.73. The SMILES string of the molecule is COc1ccc(NC(=O)Nc2ncc(C(C)(C)C)[nH]2)cc1.